The molecule has 13 heavy (non-hydrogen) atoms. The summed E-state index contributed by atoms with van der Waals surface area (Å²) in [6.45, 7) is -3.75. The van der Waals surface area contributed by atoms with E-state index in [-0.39, 0.29) is 0 Å². The molecule has 70 valence electrons. The molecule has 0 nitrogen and oxygen atoms in total. The lowest BCUT2D eigenvalue weighted by Gasteiger charge is -2.14. The van der Waals surface area contributed by atoms with E-state index in [1.54, 1.807) is 30.3 Å². The van der Waals surface area contributed by atoms with E-state index in [1.807, 2.05) is 0 Å². The Hall–Kier alpha value is -1.19. The van der Waals surface area contributed by atoms with Gasteiger partial charge in [-0.2, -0.15) is 0 Å². The average molecular weight is 185 g/mol. The number of hydrogen-bond donors (Lipinski definition) is 0. The third kappa shape index (κ3) is 2.97. The molecule has 0 radical (unpaired) electrons. The standard InChI is InChI=1S/C9H9BF3/c1-8(10(11,12)13)7-9-5-3-2-4-6-9/h2-7H,1H3/q-1/b8-7+. The van der Waals surface area contributed by atoms with Gasteiger partial charge < -0.3 is 12.9 Å². The summed E-state index contributed by atoms with van der Waals surface area (Å²) in [6, 6.07) is 8.48. The minimum atomic E-state index is -4.84. The van der Waals surface area contributed by atoms with Crippen LogP contribution in [0.15, 0.2) is 35.8 Å². The van der Waals surface area contributed by atoms with Crippen molar-refractivity contribution in [2.75, 3.05) is 0 Å². The molecule has 0 saturated heterocycles. The molecule has 4 heteroatoms. The molecule has 0 bridgehead atoms. The monoisotopic (exact) mass is 185 g/mol. The lowest BCUT2D eigenvalue weighted by Crippen LogP contribution is -2.16. The zero-order valence-corrected chi connectivity index (χ0v) is 7.18. The summed E-state index contributed by atoms with van der Waals surface area (Å²) in [6.07, 6.45) is 1.15. The molecule has 0 unspecified atom stereocenters. The van der Waals surface area contributed by atoms with Crippen LogP contribution >= 0.6 is 0 Å². The molecule has 1 aromatic carbocycles. The van der Waals surface area contributed by atoms with Crippen LogP contribution in [0, 0.1) is 0 Å². The smallest absolute Gasteiger partial charge is 0.445 e. The third-order valence-corrected chi connectivity index (χ3v) is 1.71. The van der Waals surface area contributed by atoms with E-state index in [9.17, 15) is 12.9 Å². The number of hydrogen-bond acceptors (Lipinski definition) is 0. The molecule has 0 aliphatic heterocycles. The quantitative estimate of drug-likeness (QED) is 0.618. The fourth-order valence-corrected chi connectivity index (χ4v) is 0.907. The molecule has 0 amide bonds. The van der Waals surface area contributed by atoms with Crippen LogP contribution in [0.2, 0.25) is 0 Å². The lowest BCUT2D eigenvalue weighted by molar-refractivity contribution is 0.491. The Kier molecular flexibility index (Phi) is 2.81. The normalized spacial score (nSPS) is 13.1. The van der Waals surface area contributed by atoms with Gasteiger partial charge in [0, 0.05) is 0 Å². The van der Waals surface area contributed by atoms with Gasteiger partial charge in [0.15, 0.2) is 0 Å². The Morgan fingerprint density at radius 2 is 1.69 bits per heavy atom. The maximum absolute atomic E-state index is 12.1. The Bertz CT molecular complexity index is 300. The SMILES string of the molecule is C/C(=C\c1ccccc1)[B-](F)(F)F. The van der Waals surface area contributed by atoms with E-state index in [2.05, 4.69) is 0 Å². The predicted molar refractivity (Wildman–Crippen MR) is 49.2 cm³/mol. The highest BCUT2D eigenvalue weighted by atomic mass is 19.4. The minimum absolute atomic E-state index is 0.522. The third-order valence-electron chi connectivity index (χ3n) is 1.71. The van der Waals surface area contributed by atoms with Crippen molar-refractivity contribution in [3.63, 3.8) is 0 Å². The van der Waals surface area contributed by atoms with Gasteiger partial charge >= 0.3 is 6.98 Å². The van der Waals surface area contributed by atoms with E-state index in [0.29, 0.717) is 5.56 Å². The topological polar surface area (TPSA) is 0 Å². The van der Waals surface area contributed by atoms with E-state index < -0.39 is 12.4 Å². The first kappa shape index (κ1) is 9.90. The average Bonchev–Trinajstić information content (AvgIpc) is 2.04. The minimum Gasteiger partial charge on any atom is -0.445 e. The Labute approximate surface area is 75.1 Å². The maximum atomic E-state index is 12.1. The first-order chi connectivity index (χ1) is 6.00. The number of rotatable bonds is 2. The number of allylic oxidation sites excluding steroid dienone is 1. The summed E-state index contributed by atoms with van der Waals surface area (Å²) < 4.78 is 36.4. The van der Waals surface area contributed by atoms with E-state index in [4.69, 9.17) is 0 Å². The predicted octanol–water partition coefficient (Wildman–Crippen LogP) is 3.48. The van der Waals surface area contributed by atoms with Crippen LogP contribution in [-0.2, 0) is 0 Å². The van der Waals surface area contributed by atoms with Crippen molar-refractivity contribution in [1.82, 2.24) is 0 Å². The van der Waals surface area contributed by atoms with E-state index >= 15 is 0 Å². The molecule has 0 aliphatic rings. The van der Waals surface area contributed by atoms with Crippen molar-refractivity contribution in [2.24, 2.45) is 0 Å². The molecule has 0 aliphatic carbocycles. The summed E-state index contributed by atoms with van der Waals surface area (Å²) in [5.74, 6) is 0. The molecule has 1 aromatic rings. The first-order valence-electron chi connectivity index (χ1n) is 3.93. The highest BCUT2D eigenvalue weighted by molar-refractivity contribution is 6.67. The molecule has 0 fully saturated rings. The summed E-state index contributed by atoms with van der Waals surface area (Å²) >= 11 is 0. The number of benzene rings is 1. The second-order valence-corrected chi connectivity index (χ2v) is 2.87. The van der Waals surface area contributed by atoms with Gasteiger partial charge in [-0.25, -0.2) is 0 Å². The molecule has 0 heterocycles. The van der Waals surface area contributed by atoms with Gasteiger partial charge in [0.2, 0.25) is 0 Å². The Morgan fingerprint density at radius 1 is 1.15 bits per heavy atom. The zero-order valence-electron chi connectivity index (χ0n) is 7.18. The van der Waals surface area contributed by atoms with E-state index in [1.165, 1.54) is 0 Å². The molecule has 0 N–H and O–H groups in total. The highest BCUT2D eigenvalue weighted by Crippen LogP contribution is 2.21. The fourth-order valence-electron chi connectivity index (χ4n) is 0.907. The van der Waals surface area contributed by atoms with Crippen molar-refractivity contribution < 1.29 is 12.9 Å². The van der Waals surface area contributed by atoms with Crippen LogP contribution in [0.4, 0.5) is 12.9 Å². The van der Waals surface area contributed by atoms with Crippen molar-refractivity contribution in [1.29, 1.82) is 0 Å². The van der Waals surface area contributed by atoms with Crippen LogP contribution in [0.25, 0.3) is 6.08 Å². The molecule has 0 spiro atoms. The van der Waals surface area contributed by atoms with Crippen molar-refractivity contribution in [2.45, 2.75) is 6.92 Å². The summed E-state index contributed by atoms with van der Waals surface area (Å²) in [5, 5.41) is 0. The Balaban J connectivity index is 2.90. The molecule has 0 atom stereocenters. The van der Waals surface area contributed by atoms with Crippen LogP contribution in [0.3, 0.4) is 0 Å². The largest absolute Gasteiger partial charge is 0.505 e. The molecular formula is C9H9BF3-. The first-order valence-corrected chi connectivity index (χ1v) is 3.93. The van der Waals surface area contributed by atoms with Gasteiger partial charge in [0.1, 0.15) is 0 Å². The maximum Gasteiger partial charge on any atom is 0.505 e. The van der Waals surface area contributed by atoms with E-state index in [0.717, 1.165) is 13.0 Å². The molecule has 0 saturated carbocycles. The van der Waals surface area contributed by atoms with Crippen molar-refractivity contribution in [3.05, 3.63) is 41.4 Å². The Morgan fingerprint density at radius 3 is 2.15 bits per heavy atom. The number of halogens is 3. The van der Waals surface area contributed by atoms with Gasteiger partial charge in [-0.05, 0) is 5.56 Å². The molecule has 0 aromatic heterocycles. The zero-order chi connectivity index (χ0) is 9.90. The van der Waals surface area contributed by atoms with Crippen molar-refractivity contribution in [3.8, 4) is 0 Å². The van der Waals surface area contributed by atoms with Gasteiger partial charge in [0.05, 0.1) is 0 Å². The van der Waals surface area contributed by atoms with Crippen LogP contribution in [-0.4, -0.2) is 6.98 Å². The summed E-state index contributed by atoms with van der Waals surface area (Å²) in [5.41, 5.74) is 0.0606. The molecule has 1 rings (SSSR count). The van der Waals surface area contributed by atoms with Crippen molar-refractivity contribution >= 4 is 13.1 Å². The van der Waals surface area contributed by atoms with Gasteiger partial charge in [-0.15, -0.1) is 5.47 Å². The van der Waals surface area contributed by atoms with Crippen LogP contribution in [0.1, 0.15) is 12.5 Å². The molecular weight excluding hydrogens is 176 g/mol. The van der Waals surface area contributed by atoms with Crippen LogP contribution < -0.4 is 0 Å². The second-order valence-electron chi connectivity index (χ2n) is 2.87. The fraction of sp³-hybridized carbons (Fsp3) is 0.111. The van der Waals surface area contributed by atoms with Gasteiger partial charge in [-0.3, -0.25) is 0 Å². The van der Waals surface area contributed by atoms with Crippen LogP contribution in [0.5, 0.6) is 0 Å². The highest BCUT2D eigenvalue weighted by Gasteiger charge is 2.24. The summed E-state index contributed by atoms with van der Waals surface area (Å²) in [7, 11) is 0. The van der Waals surface area contributed by atoms with Gasteiger partial charge in [-0.1, -0.05) is 43.3 Å². The lowest BCUT2D eigenvalue weighted by atomic mass is 9.79. The van der Waals surface area contributed by atoms with Gasteiger partial charge in [0.25, 0.3) is 0 Å². The second kappa shape index (κ2) is 3.68. The summed E-state index contributed by atoms with van der Waals surface area (Å²) in [4.78, 5) is 0.